The van der Waals surface area contributed by atoms with Gasteiger partial charge in [-0.05, 0) is 50.1 Å². The third kappa shape index (κ3) is 7.70. The summed E-state index contributed by atoms with van der Waals surface area (Å²) in [5.41, 5.74) is 6.86. The number of nitrogens with one attached hydrogen (secondary N) is 1. The van der Waals surface area contributed by atoms with Gasteiger partial charge < -0.3 is 20.7 Å². The van der Waals surface area contributed by atoms with Gasteiger partial charge in [0.15, 0.2) is 5.96 Å². The molecular weight excluding hydrogens is 505 g/mol. The molecule has 1 saturated heterocycles. The number of benzene rings is 2. The second-order valence-electron chi connectivity index (χ2n) is 7.62. The van der Waals surface area contributed by atoms with Crippen molar-refractivity contribution in [3.05, 3.63) is 54.6 Å². The van der Waals surface area contributed by atoms with Gasteiger partial charge >= 0.3 is 0 Å². The average molecular weight is 537 g/mol. The van der Waals surface area contributed by atoms with Gasteiger partial charge in [-0.15, -0.1) is 24.0 Å². The van der Waals surface area contributed by atoms with Crippen LogP contribution >= 0.6 is 24.0 Å². The maximum Gasteiger partial charge on any atom is 0.239 e. The Labute approximate surface area is 201 Å². The standard InChI is InChI=1S/C23H31N5O2.HI/c1-27(2)22(29)21-13-7-15-28(21)16-8-14-25-23(24)26-18-9-6-12-20(17-18)30-19-10-4-3-5-11-19;/h3-6,9-12,17,21H,7-8,13-16H2,1-2H3,(H3,24,25,26);1H. The third-order valence-electron chi connectivity index (χ3n) is 5.06. The van der Waals surface area contributed by atoms with E-state index in [-0.39, 0.29) is 35.9 Å². The van der Waals surface area contributed by atoms with Crippen LogP contribution in [0.25, 0.3) is 0 Å². The molecule has 0 aromatic heterocycles. The molecule has 2 aromatic carbocycles. The summed E-state index contributed by atoms with van der Waals surface area (Å²) < 4.78 is 5.85. The van der Waals surface area contributed by atoms with Crippen molar-refractivity contribution in [1.29, 1.82) is 0 Å². The normalized spacial score (nSPS) is 16.5. The number of nitrogens with zero attached hydrogens (tertiary/aromatic N) is 3. The fourth-order valence-corrected chi connectivity index (χ4v) is 3.59. The molecule has 0 saturated carbocycles. The van der Waals surface area contributed by atoms with Crippen LogP contribution in [0.5, 0.6) is 11.5 Å². The molecule has 0 spiro atoms. The average Bonchev–Trinajstić information content (AvgIpc) is 3.20. The number of hydrogen-bond donors (Lipinski definition) is 2. The van der Waals surface area contributed by atoms with E-state index < -0.39 is 0 Å². The van der Waals surface area contributed by atoms with Crippen LogP contribution in [-0.4, -0.2) is 61.4 Å². The predicted octanol–water partition coefficient (Wildman–Crippen LogP) is 3.77. The van der Waals surface area contributed by atoms with Crippen LogP contribution in [0.3, 0.4) is 0 Å². The van der Waals surface area contributed by atoms with Crippen LogP contribution < -0.4 is 15.8 Å². The van der Waals surface area contributed by atoms with E-state index in [4.69, 9.17) is 10.5 Å². The van der Waals surface area contributed by atoms with Crippen molar-refractivity contribution < 1.29 is 9.53 Å². The second kappa shape index (κ2) is 12.5. The van der Waals surface area contributed by atoms with Gasteiger partial charge in [-0.25, -0.2) is 0 Å². The van der Waals surface area contributed by atoms with E-state index in [0.29, 0.717) is 12.5 Å². The van der Waals surface area contributed by atoms with Crippen molar-refractivity contribution >= 4 is 41.5 Å². The number of aliphatic imine (C=N–C) groups is 1. The summed E-state index contributed by atoms with van der Waals surface area (Å²) >= 11 is 0. The molecule has 7 nitrogen and oxygen atoms in total. The van der Waals surface area contributed by atoms with Crippen molar-refractivity contribution in [3.63, 3.8) is 0 Å². The van der Waals surface area contributed by atoms with E-state index in [0.717, 1.165) is 49.5 Å². The van der Waals surface area contributed by atoms with Gasteiger partial charge in [0.2, 0.25) is 5.91 Å². The number of guanidine groups is 1. The number of carbonyl (C=O) groups is 1. The SMILES string of the molecule is CN(C)C(=O)C1CCCN1CCCN=C(N)Nc1cccc(Oc2ccccc2)c1.I. The van der Waals surface area contributed by atoms with Gasteiger partial charge in [-0.3, -0.25) is 14.7 Å². The minimum Gasteiger partial charge on any atom is -0.457 e. The number of para-hydroxylation sites is 1. The molecule has 3 rings (SSSR count). The van der Waals surface area contributed by atoms with Gasteiger partial charge in [0, 0.05) is 38.9 Å². The van der Waals surface area contributed by atoms with Gasteiger partial charge in [0.25, 0.3) is 0 Å². The Morgan fingerprint density at radius 3 is 2.68 bits per heavy atom. The van der Waals surface area contributed by atoms with Crippen LogP contribution in [0.2, 0.25) is 0 Å². The zero-order chi connectivity index (χ0) is 21.3. The zero-order valence-electron chi connectivity index (χ0n) is 18.2. The van der Waals surface area contributed by atoms with Gasteiger partial charge in [0.1, 0.15) is 11.5 Å². The van der Waals surface area contributed by atoms with E-state index >= 15 is 0 Å². The number of anilines is 1. The Balaban J connectivity index is 0.00000341. The van der Waals surface area contributed by atoms with E-state index in [2.05, 4.69) is 15.2 Å². The van der Waals surface area contributed by atoms with Crippen LogP contribution in [0, 0.1) is 0 Å². The zero-order valence-corrected chi connectivity index (χ0v) is 20.5. The van der Waals surface area contributed by atoms with Gasteiger partial charge in [-0.1, -0.05) is 24.3 Å². The van der Waals surface area contributed by atoms with Crippen LogP contribution in [0.1, 0.15) is 19.3 Å². The molecule has 3 N–H and O–H groups in total. The fraction of sp³-hybridized carbons (Fsp3) is 0.391. The molecule has 1 heterocycles. The van der Waals surface area contributed by atoms with E-state index in [1.54, 1.807) is 4.90 Å². The lowest BCUT2D eigenvalue weighted by Crippen LogP contribution is -2.43. The summed E-state index contributed by atoms with van der Waals surface area (Å²) in [6.45, 7) is 2.43. The van der Waals surface area contributed by atoms with Crippen molar-refractivity contribution in [2.75, 3.05) is 39.0 Å². The number of likely N-dealkylation sites (tertiary alicyclic amines) is 1. The third-order valence-corrected chi connectivity index (χ3v) is 5.06. The smallest absolute Gasteiger partial charge is 0.239 e. The Hall–Kier alpha value is -2.33. The molecule has 1 amide bonds. The van der Waals surface area contributed by atoms with Crippen LogP contribution in [-0.2, 0) is 4.79 Å². The highest BCUT2D eigenvalue weighted by Crippen LogP contribution is 2.23. The van der Waals surface area contributed by atoms with Crippen molar-refractivity contribution in [1.82, 2.24) is 9.80 Å². The highest BCUT2D eigenvalue weighted by molar-refractivity contribution is 14.0. The minimum atomic E-state index is 0. The molecule has 1 unspecified atom stereocenters. The number of amides is 1. The first-order valence-corrected chi connectivity index (χ1v) is 10.4. The predicted molar refractivity (Wildman–Crippen MR) is 136 cm³/mol. The lowest BCUT2D eigenvalue weighted by atomic mass is 10.2. The van der Waals surface area contributed by atoms with E-state index in [9.17, 15) is 4.79 Å². The molecule has 31 heavy (non-hydrogen) atoms. The first-order valence-electron chi connectivity index (χ1n) is 10.4. The maximum atomic E-state index is 12.3. The monoisotopic (exact) mass is 537 g/mol. The molecule has 0 radical (unpaired) electrons. The molecule has 1 atom stereocenters. The molecule has 8 heteroatoms. The molecule has 168 valence electrons. The van der Waals surface area contributed by atoms with Crippen molar-refractivity contribution in [2.24, 2.45) is 10.7 Å². The first kappa shape index (κ1) is 24.9. The maximum absolute atomic E-state index is 12.3. The number of nitrogens with two attached hydrogens (primary N) is 1. The molecule has 1 aliphatic rings. The Bertz CT molecular complexity index is 860. The lowest BCUT2D eigenvalue weighted by molar-refractivity contribution is -0.133. The summed E-state index contributed by atoms with van der Waals surface area (Å²) in [4.78, 5) is 20.6. The van der Waals surface area contributed by atoms with Crippen LogP contribution in [0.4, 0.5) is 5.69 Å². The molecule has 1 fully saturated rings. The molecule has 0 bridgehead atoms. The Kier molecular flexibility index (Phi) is 10.1. The topological polar surface area (TPSA) is 83.2 Å². The quantitative estimate of drug-likeness (QED) is 0.232. The fourth-order valence-electron chi connectivity index (χ4n) is 3.59. The summed E-state index contributed by atoms with van der Waals surface area (Å²) in [7, 11) is 3.63. The number of halogens is 1. The number of rotatable bonds is 8. The summed E-state index contributed by atoms with van der Waals surface area (Å²) in [5, 5.41) is 3.11. The van der Waals surface area contributed by atoms with E-state index in [1.165, 1.54) is 0 Å². The number of likely N-dealkylation sites (N-methyl/N-ethyl adjacent to an activating group) is 1. The number of ether oxygens (including phenoxy) is 1. The van der Waals surface area contributed by atoms with Gasteiger partial charge in [0.05, 0.1) is 6.04 Å². The molecular formula is C23H32IN5O2. The molecule has 1 aliphatic heterocycles. The number of hydrogen-bond acceptors (Lipinski definition) is 4. The van der Waals surface area contributed by atoms with Crippen LogP contribution in [0.15, 0.2) is 59.6 Å². The summed E-state index contributed by atoms with van der Waals surface area (Å²) in [6, 6.07) is 17.2. The first-order chi connectivity index (χ1) is 14.5. The minimum absolute atomic E-state index is 0. The Morgan fingerprint density at radius 1 is 1.19 bits per heavy atom. The highest BCUT2D eigenvalue weighted by Gasteiger charge is 2.30. The van der Waals surface area contributed by atoms with Crippen molar-refractivity contribution in [2.45, 2.75) is 25.3 Å². The molecule has 2 aromatic rings. The second-order valence-corrected chi connectivity index (χ2v) is 7.62. The highest BCUT2D eigenvalue weighted by atomic mass is 127. The molecule has 0 aliphatic carbocycles. The largest absolute Gasteiger partial charge is 0.457 e. The van der Waals surface area contributed by atoms with Crippen molar-refractivity contribution in [3.8, 4) is 11.5 Å². The lowest BCUT2D eigenvalue weighted by Gasteiger charge is -2.25. The number of carbonyl (C=O) groups excluding carboxylic acids is 1. The Morgan fingerprint density at radius 2 is 1.94 bits per heavy atom. The van der Waals surface area contributed by atoms with E-state index in [1.807, 2.05) is 68.7 Å². The summed E-state index contributed by atoms with van der Waals surface area (Å²) in [6.07, 6.45) is 2.86. The van der Waals surface area contributed by atoms with Gasteiger partial charge in [-0.2, -0.15) is 0 Å². The summed E-state index contributed by atoms with van der Waals surface area (Å²) in [5.74, 6) is 2.07.